The van der Waals surface area contributed by atoms with Crippen LogP contribution in [0.2, 0.25) is 0 Å². The Bertz CT molecular complexity index is 1130. The lowest BCUT2D eigenvalue weighted by atomic mass is 10.2. The number of rotatable bonds is 9. The monoisotopic (exact) mass is 466 g/mol. The van der Waals surface area contributed by atoms with Crippen molar-refractivity contribution < 1.29 is 27.4 Å². The minimum absolute atomic E-state index is 0.0647. The Labute approximate surface area is 188 Å². The molecule has 0 saturated heterocycles. The number of hydrogen-bond acceptors (Lipinski definition) is 9. The number of nitrogens with zero attached hydrogens (tertiary/aromatic N) is 4. The topological polar surface area (TPSA) is 117 Å². The summed E-state index contributed by atoms with van der Waals surface area (Å²) in [5.74, 6) is 1.35. The van der Waals surface area contributed by atoms with Crippen molar-refractivity contribution in [1.29, 1.82) is 0 Å². The Morgan fingerprint density at radius 1 is 1.06 bits per heavy atom. The lowest BCUT2D eigenvalue weighted by molar-refractivity contribution is -0.141. The molecule has 3 N–H and O–H groups in total. The Morgan fingerprint density at radius 3 is 2.45 bits per heavy atom. The van der Waals surface area contributed by atoms with Crippen molar-refractivity contribution in [3.8, 4) is 11.5 Å². The van der Waals surface area contributed by atoms with Crippen molar-refractivity contribution in [2.45, 2.75) is 39.1 Å². The van der Waals surface area contributed by atoms with Gasteiger partial charge in [-0.05, 0) is 25.5 Å². The van der Waals surface area contributed by atoms with E-state index in [0.29, 0.717) is 47.1 Å². The third-order valence-electron chi connectivity index (χ3n) is 4.72. The SMILES string of the molecule is CCC(COC)Oc1cc2c(NCc3cc(C(F)(F)F)nc(N)n3)nc(C)nc2cc1OC. The highest BCUT2D eigenvalue weighted by Gasteiger charge is 2.33. The van der Waals surface area contributed by atoms with Crippen molar-refractivity contribution in [3.05, 3.63) is 35.4 Å². The first-order valence-electron chi connectivity index (χ1n) is 10.1. The standard InChI is InChI=1S/C21H25F3N6O3/c1-5-13(10-31-3)33-17-7-14-15(8-16(17)32-4)27-11(2)28-19(14)26-9-12-6-18(21(22,23)24)30-20(25)29-12/h6-8,13H,5,9-10H2,1-4H3,(H2,25,29,30)(H,26,27,28). The molecule has 0 amide bonds. The van der Waals surface area contributed by atoms with E-state index >= 15 is 0 Å². The van der Waals surface area contributed by atoms with Gasteiger partial charge in [0.1, 0.15) is 23.4 Å². The molecule has 1 aromatic carbocycles. The first kappa shape index (κ1) is 24.2. The number of anilines is 2. The van der Waals surface area contributed by atoms with Gasteiger partial charge in [-0.1, -0.05) is 6.92 Å². The molecule has 33 heavy (non-hydrogen) atoms. The average molecular weight is 466 g/mol. The molecule has 2 heterocycles. The number of benzene rings is 1. The summed E-state index contributed by atoms with van der Waals surface area (Å²) in [5, 5.41) is 3.62. The van der Waals surface area contributed by atoms with E-state index < -0.39 is 17.8 Å². The summed E-state index contributed by atoms with van der Waals surface area (Å²) >= 11 is 0. The number of ether oxygens (including phenoxy) is 3. The van der Waals surface area contributed by atoms with Crippen molar-refractivity contribution in [1.82, 2.24) is 19.9 Å². The summed E-state index contributed by atoms with van der Waals surface area (Å²) in [5.41, 5.74) is 4.99. The van der Waals surface area contributed by atoms with E-state index in [0.717, 1.165) is 6.07 Å². The maximum absolute atomic E-state index is 13.1. The smallest absolute Gasteiger partial charge is 0.433 e. The molecular weight excluding hydrogens is 441 g/mol. The molecule has 0 fully saturated rings. The Morgan fingerprint density at radius 2 is 1.82 bits per heavy atom. The zero-order valence-corrected chi connectivity index (χ0v) is 18.7. The number of nitrogen functional groups attached to an aromatic ring is 1. The van der Waals surface area contributed by atoms with Crippen LogP contribution in [-0.4, -0.2) is 46.9 Å². The van der Waals surface area contributed by atoms with Gasteiger partial charge in [0.05, 0.1) is 31.5 Å². The zero-order chi connectivity index (χ0) is 24.2. The minimum Gasteiger partial charge on any atom is -0.493 e. The summed E-state index contributed by atoms with van der Waals surface area (Å²) < 4.78 is 55.9. The van der Waals surface area contributed by atoms with Crippen LogP contribution in [0.1, 0.15) is 30.6 Å². The first-order valence-corrected chi connectivity index (χ1v) is 10.1. The van der Waals surface area contributed by atoms with Crippen LogP contribution in [0.3, 0.4) is 0 Å². The van der Waals surface area contributed by atoms with E-state index in [2.05, 4.69) is 25.3 Å². The average Bonchev–Trinajstić information content (AvgIpc) is 2.75. The molecule has 9 nitrogen and oxygen atoms in total. The third-order valence-corrected chi connectivity index (χ3v) is 4.72. The van der Waals surface area contributed by atoms with Crippen molar-refractivity contribution in [2.75, 3.05) is 31.9 Å². The molecule has 12 heteroatoms. The number of aryl methyl sites for hydroxylation is 1. The summed E-state index contributed by atoms with van der Waals surface area (Å²) in [4.78, 5) is 16.0. The predicted molar refractivity (Wildman–Crippen MR) is 116 cm³/mol. The van der Waals surface area contributed by atoms with Crippen molar-refractivity contribution in [2.24, 2.45) is 0 Å². The van der Waals surface area contributed by atoms with Crippen LogP contribution in [0, 0.1) is 6.92 Å². The van der Waals surface area contributed by atoms with Gasteiger partial charge >= 0.3 is 6.18 Å². The second kappa shape index (κ2) is 10.0. The number of hydrogen-bond donors (Lipinski definition) is 2. The van der Waals surface area contributed by atoms with E-state index in [1.165, 1.54) is 7.11 Å². The quantitative estimate of drug-likeness (QED) is 0.486. The van der Waals surface area contributed by atoms with Gasteiger partial charge in [-0.2, -0.15) is 13.2 Å². The Hall–Kier alpha value is -3.41. The lowest BCUT2D eigenvalue weighted by Gasteiger charge is -2.19. The van der Waals surface area contributed by atoms with Crippen LogP contribution >= 0.6 is 0 Å². The molecule has 0 aliphatic rings. The summed E-state index contributed by atoms with van der Waals surface area (Å²) in [6, 6.07) is 4.28. The molecule has 0 aliphatic heterocycles. The highest BCUT2D eigenvalue weighted by atomic mass is 19.4. The van der Waals surface area contributed by atoms with Crippen LogP contribution in [0.25, 0.3) is 10.9 Å². The van der Waals surface area contributed by atoms with Gasteiger partial charge in [0.2, 0.25) is 5.95 Å². The number of aromatic nitrogens is 4. The Kier molecular flexibility index (Phi) is 7.36. The number of nitrogens with one attached hydrogen (secondary N) is 1. The number of nitrogens with two attached hydrogens (primary N) is 1. The van der Waals surface area contributed by atoms with Crippen molar-refractivity contribution in [3.63, 3.8) is 0 Å². The molecule has 2 aromatic heterocycles. The summed E-state index contributed by atoms with van der Waals surface area (Å²) in [7, 11) is 3.11. The third kappa shape index (κ3) is 5.89. The Balaban J connectivity index is 1.97. The van der Waals surface area contributed by atoms with Crippen LogP contribution in [0.4, 0.5) is 24.9 Å². The van der Waals surface area contributed by atoms with Gasteiger partial charge in [0, 0.05) is 18.6 Å². The molecule has 0 radical (unpaired) electrons. The molecule has 0 spiro atoms. The summed E-state index contributed by atoms with van der Waals surface area (Å²) in [6.45, 7) is 4.01. The normalized spacial score (nSPS) is 12.6. The molecule has 0 saturated carbocycles. The van der Waals surface area contributed by atoms with Gasteiger partial charge in [-0.25, -0.2) is 19.9 Å². The molecule has 3 aromatic rings. The van der Waals surface area contributed by atoms with Crippen LogP contribution < -0.4 is 20.5 Å². The van der Waals surface area contributed by atoms with Gasteiger partial charge in [-0.15, -0.1) is 0 Å². The largest absolute Gasteiger partial charge is 0.493 e. The highest BCUT2D eigenvalue weighted by Crippen LogP contribution is 2.35. The second-order valence-electron chi connectivity index (χ2n) is 7.20. The van der Waals surface area contributed by atoms with E-state index in [4.69, 9.17) is 19.9 Å². The molecule has 178 valence electrons. The van der Waals surface area contributed by atoms with E-state index in [9.17, 15) is 13.2 Å². The maximum atomic E-state index is 13.1. The number of methoxy groups -OCH3 is 2. The fourth-order valence-electron chi connectivity index (χ4n) is 3.17. The van der Waals surface area contributed by atoms with Gasteiger partial charge in [-0.3, -0.25) is 0 Å². The molecule has 1 unspecified atom stereocenters. The van der Waals surface area contributed by atoms with Gasteiger partial charge in [0.15, 0.2) is 11.5 Å². The molecule has 3 rings (SSSR count). The van der Waals surface area contributed by atoms with Gasteiger partial charge in [0.25, 0.3) is 0 Å². The fraction of sp³-hybridized carbons (Fsp3) is 0.429. The first-order chi connectivity index (χ1) is 15.6. The highest BCUT2D eigenvalue weighted by molar-refractivity contribution is 5.91. The lowest BCUT2D eigenvalue weighted by Crippen LogP contribution is -2.21. The number of halogens is 3. The van der Waals surface area contributed by atoms with E-state index in [1.807, 2.05) is 6.92 Å². The van der Waals surface area contributed by atoms with Crippen LogP contribution in [0.5, 0.6) is 11.5 Å². The van der Waals surface area contributed by atoms with E-state index in [-0.39, 0.29) is 18.3 Å². The van der Waals surface area contributed by atoms with Crippen molar-refractivity contribution >= 4 is 22.7 Å². The number of alkyl halides is 3. The zero-order valence-electron chi connectivity index (χ0n) is 18.7. The van der Waals surface area contributed by atoms with Crippen LogP contribution in [0.15, 0.2) is 18.2 Å². The molecule has 0 bridgehead atoms. The fourth-order valence-corrected chi connectivity index (χ4v) is 3.17. The van der Waals surface area contributed by atoms with Gasteiger partial charge < -0.3 is 25.3 Å². The second-order valence-corrected chi connectivity index (χ2v) is 7.20. The van der Waals surface area contributed by atoms with E-state index in [1.54, 1.807) is 26.2 Å². The molecule has 1 atom stereocenters. The number of fused-ring (bicyclic) bond motifs is 1. The summed E-state index contributed by atoms with van der Waals surface area (Å²) in [6.07, 6.45) is -4.12. The minimum atomic E-state index is -4.63. The molecule has 0 aliphatic carbocycles. The van der Waals surface area contributed by atoms with Crippen LogP contribution in [-0.2, 0) is 17.5 Å². The molecular formula is C21H25F3N6O3. The predicted octanol–water partition coefficient (Wildman–Crippen LogP) is 3.75. The maximum Gasteiger partial charge on any atom is 0.433 e.